The maximum atomic E-state index is 12.9. The Bertz CT molecular complexity index is 749. The molecular weight excluding hydrogens is 298 g/mol. The Morgan fingerprint density at radius 3 is 2.50 bits per heavy atom. The zero-order chi connectivity index (χ0) is 16.5. The molecule has 0 aromatic heterocycles. The second-order valence-corrected chi connectivity index (χ2v) is 7.30. The van der Waals surface area contributed by atoms with Gasteiger partial charge in [-0.05, 0) is 42.7 Å². The molecule has 1 saturated carbocycles. The van der Waals surface area contributed by atoms with Crippen LogP contribution in [0.4, 0.5) is 0 Å². The van der Waals surface area contributed by atoms with Crippen molar-refractivity contribution in [2.45, 2.75) is 51.0 Å². The maximum absolute atomic E-state index is 12.9. The van der Waals surface area contributed by atoms with Gasteiger partial charge in [0.2, 0.25) is 5.91 Å². The molecule has 3 heteroatoms. The molecule has 1 amide bonds. The zero-order valence-corrected chi connectivity index (χ0v) is 14.1. The largest absolute Gasteiger partial charge is 0.507 e. The normalized spacial score (nSPS) is 22.4. The monoisotopic (exact) mass is 323 g/mol. The summed E-state index contributed by atoms with van der Waals surface area (Å²) in [5.41, 5.74) is 1.17. The first-order valence-electron chi connectivity index (χ1n) is 9.24. The van der Waals surface area contributed by atoms with Gasteiger partial charge in [-0.2, -0.15) is 0 Å². The Hall–Kier alpha value is -2.03. The minimum absolute atomic E-state index is 0.0971. The molecule has 2 aromatic rings. The van der Waals surface area contributed by atoms with Crippen molar-refractivity contribution in [2.75, 3.05) is 6.54 Å². The van der Waals surface area contributed by atoms with E-state index in [2.05, 4.69) is 4.90 Å². The maximum Gasteiger partial charge on any atom is 0.226 e. The fourth-order valence-electron chi connectivity index (χ4n) is 4.50. The molecule has 126 valence electrons. The summed E-state index contributed by atoms with van der Waals surface area (Å²) in [5, 5.41) is 12.0. The molecule has 0 radical (unpaired) electrons. The third-order valence-corrected chi connectivity index (χ3v) is 5.82. The molecule has 1 saturated heterocycles. The van der Waals surface area contributed by atoms with Crippen molar-refractivity contribution >= 4 is 16.7 Å². The summed E-state index contributed by atoms with van der Waals surface area (Å²) in [7, 11) is 0. The second-order valence-electron chi connectivity index (χ2n) is 7.30. The molecule has 2 fully saturated rings. The lowest BCUT2D eigenvalue weighted by Gasteiger charge is -2.31. The highest BCUT2D eigenvalue weighted by Gasteiger charge is 2.36. The van der Waals surface area contributed by atoms with Crippen LogP contribution in [0.3, 0.4) is 0 Å². The Morgan fingerprint density at radius 1 is 0.958 bits per heavy atom. The van der Waals surface area contributed by atoms with Gasteiger partial charge in [-0.3, -0.25) is 4.79 Å². The predicted octanol–water partition coefficient (Wildman–Crippen LogP) is 4.27. The summed E-state index contributed by atoms with van der Waals surface area (Å²) in [6.45, 7) is 0.921. The van der Waals surface area contributed by atoms with Crippen LogP contribution in [0, 0.1) is 5.92 Å². The first-order valence-corrected chi connectivity index (χ1v) is 9.24. The number of benzene rings is 2. The standard InChI is InChI=1S/C21H25NO2/c23-20-11-10-15(18-8-4-5-9-19(18)20)14-16-12-13-22(21(16)24)17-6-2-1-3-7-17/h4-5,8-11,16-17,23H,1-3,6-7,12-14H2. The molecule has 2 aliphatic rings. The highest BCUT2D eigenvalue weighted by atomic mass is 16.3. The number of hydrogen-bond donors (Lipinski definition) is 1. The van der Waals surface area contributed by atoms with E-state index >= 15 is 0 Å². The van der Waals surface area contributed by atoms with Gasteiger partial charge in [-0.1, -0.05) is 49.6 Å². The van der Waals surface area contributed by atoms with E-state index in [1.807, 2.05) is 30.3 Å². The molecule has 1 heterocycles. The van der Waals surface area contributed by atoms with Gasteiger partial charge in [0, 0.05) is 23.9 Å². The first-order chi connectivity index (χ1) is 11.7. The van der Waals surface area contributed by atoms with Crippen LogP contribution in [0.25, 0.3) is 10.8 Å². The lowest BCUT2D eigenvalue weighted by Crippen LogP contribution is -2.39. The number of phenols is 1. The van der Waals surface area contributed by atoms with Crippen molar-refractivity contribution in [1.29, 1.82) is 0 Å². The van der Waals surface area contributed by atoms with Gasteiger partial charge in [0.1, 0.15) is 5.75 Å². The van der Waals surface area contributed by atoms with Gasteiger partial charge in [0.15, 0.2) is 0 Å². The van der Waals surface area contributed by atoms with Crippen molar-refractivity contribution in [3.8, 4) is 5.75 Å². The molecule has 4 rings (SSSR count). The van der Waals surface area contributed by atoms with Crippen LogP contribution in [0.5, 0.6) is 5.75 Å². The van der Waals surface area contributed by atoms with Gasteiger partial charge in [0.25, 0.3) is 0 Å². The van der Waals surface area contributed by atoms with Gasteiger partial charge in [-0.15, -0.1) is 0 Å². The molecule has 0 bridgehead atoms. The Balaban J connectivity index is 1.54. The number of carbonyl (C=O) groups excluding carboxylic acids is 1. The van der Waals surface area contributed by atoms with Crippen LogP contribution in [-0.4, -0.2) is 28.5 Å². The van der Waals surface area contributed by atoms with Crippen molar-refractivity contribution in [3.05, 3.63) is 42.0 Å². The molecule has 24 heavy (non-hydrogen) atoms. The number of phenolic OH excluding ortho intramolecular Hbond substituents is 1. The molecule has 1 aliphatic carbocycles. The number of hydrogen-bond acceptors (Lipinski definition) is 2. The highest BCUT2D eigenvalue weighted by molar-refractivity contribution is 5.91. The average Bonchev–Trinajstić information content (AvgIpc) is 2.99. The summed E-state index contributed by atoms with van der Waals surface area (Å²) in [4.78, 5) is 15.0. The minimum atomic E-state index is 0.0971. The molecule has 1 aliphatic heterocycles. The lowest BCUT2D eigenvalue weighted by atomic mass is 9.92. The van der Waals surface area contributed by atoms with E-state index in [1.165, 1.54) is 37.7 Å². The van der Waals surface area contributed by atoms with Crippen LogP contribution >= 0.6 is 0 Å². The number of rotatable bonds is 3. The van der Waals surface area contributed by atoms with Crippen LogP contribution in [0.15, 0.2) is 36.4 Å². The van der Waals surface area contributed by atoms with E-state index < -0.39 is 0 Å². The van der Waals surface area contributed by atoms with Gasteiger partial charge in [-0.25, -0.2) is 0 Å². The number of carbonyl (C=O) groups is 1. The molecule has 1 unspecified atom stereocenters. The van der Waals surface area contributed by atoms with Crippen molar-refractivity contribution in [3.63, 3.8) is 0 Å². The number of likely N-dealkylation sites (tertiary alicyclic amines) is 1. The van der Waals surface area contributed by atoms with Crippen LogP contribution in [-0.2, 0) is 11.2 Å². The summed E-state index contributed by atoms with van der Waals surface area (Å²) in [5.74, 6) is 0.759. The number of nitrogens with zero attached hydrogens (tertiary/aromatic N) is 1. The highest BCUT2D eigenvalue weighted by Crippen LogP contribution is 2.33. The third kappa shape index (κ3) is 2.77. The fraction of sp³-hybridized carbons (Fsp3) is 0.476. The molecule has 0 spiro atoms. The average molecular weight is 323 g/mol. The topological polar surface area (TPSA) is 40.5 Å². The summed E-state index contributed by atoms with van der Waals surface area (Å²) < 4.78 is 0. The zero-order valence-electron chi connectivity index (χ0n) is 14.1. The van der Waals surface area contributed by atoms with Crippen molar-refractivity contribution in [1.82, 2.24) is 4.90 Å². The van der Waals surface area contributed by atoms with Gasteiger partial charge in [0.05, 0.1) is 0 Å². The number of fused-ring (bicyclic) bond motifs is 1. The third-order valence-electron chi connectivity index (χ3n) is 5.82. The second kappa shape index (κ2) is 6.46. The minimum Gasteiger partial charge on any atom is -0.507 e. The van der Waals surface area contributed by atoms with Crippen LogP contribution in [0.2, 0.25) is 0 Å². The molecule has 1 atom stereocenters. The molecule has 2 aromatic carbocycles. The quantitative estimate of drug-likeness (QED) is 0.916. The van der Waals surface area contributed by atoms with Crippen LogP contribution < -0.4 is 0 Å². The van der Waals surface area contributed by atoms with Gasteiger partial charge < -0.3 is 10.0 Å². The predicted molar refractivity (Wildman–Crippen MR) is 96.0 cm³/mol. The summed E-state index contributed by atoms with van der Waals surface area (Å²) >= 11 is 0. The van der Waals surface area contributed by atoms with Crippen molar-refractivity contribution < 1.29 is 9.90 Å². The van der Waals surface area contributed by atoms with E-state index in [4.69, 9.17) is 0 Å². The fourth-order valence-corrected chi connectivity index (χ4v) is 4.50. The Kier molecular flexibility index (Phi) is 4.17. The van der Waals surface area contributed by atoms with E-state index in [9.17, 15) is 9.90 Å². The van der Waals surface area contributed by atoms with Crippen LogP contribution in [0.1, 0.15) is 44.1 Å². The smallest absolute Gasteiger partial charge is 0.226 e. The van der Waals surface area contributed by atoms with Gasteiger partial charge >= 0.3 is 0 Å². The molecule has 1 N–H and O–H groups in total. The SMILES string of the molecule is O=C1C(Cc2ccc(O)c3ccccc23)CCN1C1CCCCC1. The lowest BCUT2D eigenvalue weighted by molar-refractivity contribution is -0.133. The Labute approximate surface area is 143 Å². The molecule has 3 nitrogen and oxygen atoms in total. The van der Waals surface area contributed by atoms with E-state index in [0.717, 1.165) is 30.2 Å². The number of amides is 1. The number of aromatic hydroxyl groups is 1. The van der Waals surface area contributed by atoms with Crippen molar-refractivity contribution in [2.24, 2.45) is 5.92 Å². The summed E-state index contributed by atoms with van der Waals surface area (Å²) in [6.07, 6.45) is 7.96. The first kappa shape index (κ1) is 15.5. The van der Waals surface area contributed by atoms with E-state index in [1.54, 1.807) is 6.07 Å². The summed E-state index contributed by atoms with van der Waals surface area (Å²) in [6, 6.07) is 12.1. The molecular formula is C21H25NO2. The van der Waals surface area contributed by atoms with E-state index in [0.29, 0.717) is 17.7 Å². The van der Waals surface area contributed by atoms with E-state index in [-0.39, 0.29) is 5.92 Å². The Morgan fingerprint density at radius 2 is 1.71 bits per heavy atom.